The zero-order valence-corrected chi connectivity index (χ0v) is 21.0. The van der Waals surface area contributed by atoms with Crippen molar-refractivity contribution in [2.24, 2.45) is 16.5 Å². The Kier molecular flexibility index (Phi) is 7.68. The van der Waals surface area contributed by atoms with Crippen LogP contribution in [0, 0.1) is 0 Å². The molecule has 0 radical (unpaired) electrons. The highest BCUT2D eigenvalue weighted by Gasteiger charge is 2.37. The summed E-state index contributed by atoms with van der Waals surface area (Å²) in [6.07, 6.45) is 5.46. The molecule has 178 valence electrons. The second-order valence-corrected chi connectivity index (χ2v) is 10.6. The van der Waals surface area contributed by atoms with Crippen LogP contribution in [0.4, 0.5) is 0 Å². The van der Waals surface area contributed by atoms with Crippen LogP contribution in [0.1, 0.15) is 80.4 Å². The molecule has 2 aromatic rings. The molecule has 0 aliphatic heterocycles. The van der Waals surface area contributed by atoms with E-state index in [-0.39, 0.29) is 22.7 Å². The maximum atomic E-state index is 13.3. The zero-order valence-electron chi connectivity index (χ0n) is 20.2. The van der Waals surface area contributed by atoms with Crippen molar-refractivity contribution in [2.45, 2.75) is 70.8 Å². The fraction of sp³-hybridized carbons (Fsp3) is 0.500. The molecule has 0 fully saturated rings. The molecule has 4 N–H and O–H groups in total. The number of pyridine rings is 1. The van der Waals surface area contributed by atoms with Crippen molar-refractivity contribution in [1.82, 2.24) is 9.88 Å². The van der Waals surface area contributed by atoms with Gasteiger partial charge in [0.1, 0.15) is 5.15 Å². The standard InChI is InChI=1S/C26H36ClN5O/c1-25(2)11-12-26(3,4)21-15-18(7-9-20(21)25)17-32(14-6-5-13-30-24(28)29)23(33)19-8-10-22(27)31-16-19/h7-10,15-16H,5-6,11-14,17H2,1-4H3,(H4,28,29,30). The molecule has 33 heavy (non-hydrogen) atoms. The first kappa shape index (κ1) is 25.0. The number of aliphatic imine (C=N–C) groups is 1. The Labute approximate surface area is 202 Å². The van der Waals surface area contributed by atoms with Crippen molar-refractivity contribution in [3.05, 3.63) is 63.9 Å². The van der Waals surface area contributed by atoms with E-state index >= 15 is 0 Å². The molecular formula is C26H36ClN5O. The number of rotatable bonds is 8. The van der Waals surface area contributed by atoms with Crippen LogP contribution in [0.3, 0.4) is 0 Å². The van der Waals surface area contributed by atoms with Gasteiger partial charge in [0.15, 0.2) is 5.96 Å². The third kappa shape index (κ3) is 6.26. The lowest BCUT2D eigenvalue weighted by Gasteiger charge is -2.42. The number of hydrogen-bond acceptors (Lipinski definition) is 3. The Morgan fingerprint density at radius 2 is 1.76 bits per heavy atom. The molecule has 1 amide bonds. The van der Waals surface area contributed by atoms with Gasteiger partial charge in [0.2, 0.25) is 0 Å². The summed E-state index contributed by atoms with van der Waals surface area (Å²) < 4.78 is 0. The van der Waals surface area contributed by atoms with Crippen molar-refractivity contribution in [3.63, 3.8) is 0 Å². The van der Waals surface area contributed by atoms with Crippen molar-refractivity contribution in [2.75, 3.05) is 13.1 Å². The minimum Gasteiger partial charge on any atom is -0.370 e. The Bertz CT molecular complexity index is 1010. The van der Waals surface area contributed by atoms with Crippen molar-refractivity contribution >= 4 is 23.5 Å². The molecular weight excluding hydrogens is 434 g/mol. The van der Waals surface area contributed by atoms with E-state index in [9.17, 15) is 4.79 Å². The second-order valence-electron chi connectivity index (χ2n) is 10.3. The van der Waals surface area contributed by atoms with E-state index in [1.54, 1.807) is 12.1 Å². The number of guanidine groups is 1. The molecule has 0 atom stereocenters. The minimum absolute atomic E-state index is 0.0571. The van der Waals surface area contributed by atoms with Crippen LogP contribution in [0.25, 0.3) is 0 Å². The molecule has 1 aliphatic rings. The molecule has 0 saturated carbocycles. The molecule has 1 heterocycles. The number of carbonyl (C=O) groups is 1. The quantitative estimate of drug-likeness (QED) is 0.251. The summed E-state index contributed by atoms with van der Waals surface area (Å²) >= 11 is 5.92. The molecule has 1 aliphatic carbocycles. The molecule has 0 unspecified atom stereocenters. The second kappa shape index (κ2) is 10.1. The maximum Gasteiger partial charge on any atom is 0.255 e. The van der Waals surface area contributed by atoms with Crippen LogP contribution in [0.2, 0.25) is 5.15 Å². The number of unbranched alkanes of at least 4 members (excludes halogenated alkanes) is 1. The monoisotopic (exact) mass is 469 g/mol. The number of fused-ring (bicyclic) bond motifs is 1. The maximum absolute atomic E-state index is 13.3. The number of aromatic nitrogens is 1. The summed E-state index contributed by atoms with van der Waals surface area (Å²) in [5.74, 6) is 0.0353. The Hall–Kier alpha value is -2.60. The third-order valence-electron chi connectivity index (χ3n) is 6.68. The van der Waals surface area contributed by atoms with Gasteiger partial charge in [0.05, 0.1) is 5.56 Å². The largest absolute Gasteiger partial charge is 0.370 e. The van der Waals surface area contributed by atoms with E-state index in [4.69, 9.17) is 23.1 Å². The van der Waals surface area contributed by atoms with Crippen LogP contribution in [-0.2, 0) is 17.4 Å². The fourth-order valence-corrected chi connectivity index (χ4v) is 4.63. The number of halogens is 1. The predicted octanol–water partition coefficient (Wildman–Crippen LogP) is 4.78. The average Bonchev–Trinajstić information content (AvgIpc) is 2.76. The summed E-state index contributed by atoms with van der Waals surface area (Å²) in [6, 6.07) is 10.1. The van der Waals surface area contributed by atoms with Gasteiger partial charge in [-0.1, -0.05) is 57.5 Å². The van der Waals surface area contributed by atoms with Crippen LogP contribution >= 0.6 is 11.6 Å². The van der Waals surface area contributed by atoms with Gasteiger partial charge < -0.3 is 16.4 Å². The van der Waals surface area contributed by atoms with Gasteiger partial charge in [-0.25, -0.2) is 4.98 Å². The summed E-state index contributed by atoms with van der Waals surface area (Å²) in [6.45, 7) is 11.0. The predicted molar refractivity (Wildman–Crippen MR) is 136 cm³/mol. The molecule has 6 nitrogen and oxygen atoms in total. The Morgan fingerprint density at radius 1 is 1.06 bits per heavy atom. The van der Waals surface area contributed by atoms with Gasteiger partial charge in [0, 0.05) is 25.8 Å². The lowest BCUT2D eigenvalue weighted by atomic mass is 9.63. The highest BCUT2D eigenvalue weighted by Crippen LogP contribution is 2.46. The van der Waals surface area contributed by atoms with Gasteiger partial charge >= 0.3 is 0 Å². The smallest absolute Gasteiger partial charge is 0.255 e. The Morgan fingerprint density at radius 3 is 2.39 bits per heavy atom. The lowest BCUT2D eigenvalue weighted by Crippen LogP contribution is -2.35. The number of amides is 1. The summed E-state index contributed by atoms with van der Waals surface area (Å²) in [4.78, 5) is 23.3. The first-order chi connectivity index (χ1) is 15.5. The fourth-order valence-electron chi connectivity index (χ4n) is 4.51. The van der Waals surface area contributed by atoms with E-state index in [0.717, 1.165) is 24.8 Å². The van der Waals surface area contributed by atoms with E-state index in [1.165, 1.54) is 23.7 Å². The van der Waals surface area contributed by atoms with Gasteiger partial charge in [-0.15, -0.1) is 0 Å². The van der Waals surface area contributed by atoms with Crippen molar-refractivity contribution < 1.29 is 4.79 Å². The number of benzene rings is 1. The number of hydrogen-bond donors (Lipinski definition) is 2. The van der Waals surface area contributed by atoms with Crippen LogP contribution in [0.5, 0.6) is 0 Å². The molecule has 1 aromatic heterocycles. The summed E-state index contributed by atoms with van der Waals surface area (Å²) in [5.41, 5.74) is 15.6. The molecule has 0 bridgehead atoms. The van der Waals surface area contributed by atoms with E-state index in [2.05, 4.69) is 55.9 Å². The van der Waals surface area contributed by atoms with Gasteiger partial charge in [-0.2, -0.15) is 0 Å². The van der Waals surface area contributed by atoms with E-state index in [0.29, 0.717) is 30.4 Å². The number of nitrogens with two attached hydrogens (primary N) is 2. The highest BCUT2D eigenvalue weighted by molar-refractivity contribution is 6.29. The van der Waals surface area contributed by atoms with Crippen molar-refractivity contribution in [1.29, 1.82) is 0 Å². The first-order valence-corrected chi connectivity index (χ1v) is 12.0. The lowest BCUT2D eigenvalue weighted by molar-refractivity contribution is 0.0740. The Balaban J connectivity index is 1.84. The molecule has 7 heteroatoms. The third-order valence-corrected chi connectivity index (χ3v) is 6.91. The molecule has 1 aromatic carbocycles. The topological polar surface area (TPSA) is 97.6 Å². The summed E-state index contributed by atoms with van der Waals surface area (Å²) in [7, 11) is 0. The van der Waals surface area contributed by atoms with Gasteiger partial charge in [-0.05, 0) is 65.3 Å². The normalized spacial score (nSPS) is 16.0. The molecule has 3 rings (SSSR count). The molecule has 0 saturated heterocycles. The van der Waals surface area contributed by atoms with Crippen LogP contribution < -0.4 is 11.5 Å². The van der Waals surface area contributed by atoms with Gasteiger partial charge in [0.25, 0.3) is 5.91 Å². The van der Waals surface area contributed by atoms with Gasteiger partial charge in [-0.3, -0.25) is 9.79 Å². The van der Waals surface area contributed by atoms with Crippen LogP contribution in [0.15, 0.2) is 41.5 Å². The average molecular weight is 470 g/mol. The number of nitrogens with zero attached hydrogens (tertiary/aromatic N) is 3. The highest BCUT2D eigenvalue weighted by atomic mass is 35.5. The SMILES string of the molecule is CC1(C)CCC(C)(C)c2cc(CN(CCCCN=C(N)N)C(=O)c3ccc(Cl)nc3)ccc21. The van der Waals surface area contributed by atoms with E-state index in [1.807, 2.05) is 4.90 Å². The zero-order chi connectivity index (χ0) is 24.2. The van der Waals surface area contributed by atoms with Crippen molar-refractivity contribution in [3.8, 4) is 0 Å². The molecule has 0 spiro atoms. The minimum atomic E-state index is -0.0571. The number of carbonyl (C=O) groups excluding carboxylic acids is 1. The first-order valence-electron chi connectivity index (χ1n) is 11.6. The van der Waals surface area contributed by atoms with Crippen LogP contribution in [-0.4, -0.2) is 34.8 Å². The van der Waals surface area contributed by atoms with E-state index < -0.39 is 0 Å². The summed E-state index contributed by atoms with van der Waals surface area (Å²) in [5, 5.41) is 0.370.